The summed E-state index contributed by atoms with van der Waals surface area (Å²) >= 11 is 2.74. The molecule has 2 aromatic rings. The Bertz CT molecular complexity index is 728. The van der Waals surface area contributed by atoms with Crippen molar-refractivity contribution in [2.24, 2.45) is 0 Å². The quantitative estimate of drug-likeness (QED) is 0.425. The van der Waals surface area contributed by atoms with Gasteiger partial charge < -0.3 is 10.6 Å². The number of amides is 1. The minimum Gasteiger partial charge on any atom is -0.357 e. The fraction of sp³-hybridized carbons (Fsp3) is 0.250. The zero-order chi connectivity index (χ0) is 17.5. The van der Waals surface area contributed by atoms with Crippen LogP contribution in [0.2, 0.25) is 0 Å². The number of hydrogen-bond acceptors (Lipinski definition) is 7. The summed E-state index contributed by atoms with van der Waals surface area (Å²) in [5, 5.41) is 14.3. The van der Waals surface area contributed by atoms with Crippen LogP contribution in [0.25, 0.3) is 0 Å². The van der Waals surface area contributed by atoms with E-state index in [0.29, 0.717) is 22.9 Å². The van der Waals surface area contributed by atoms with Crippen LogP contribution < -0.4 is 10.6 Å². The van der Waals surface area contributed by atoms with Crippen LogP contribution in [0.5, 0.6) is 0 Å². The second-order valence-corrected chi connectivity index (χ2v) is 7.49. The van der Waals surface area contributed by atoms with E-state index >= 15 is 0 Å². The van der Waals surface area contributed by atoms with Crippen LogP contribution >= 0.6 is 23.1 Å². The molecule has 0 radical (unpaired) electrons. The highest BCUT2D eigenvalue weighted by Gasteiger charge is 2.17. The molecule has 1 heterocycles. The van der Waals surface area contributed by atoms with Gasteiger partial charge in [0.05, 0.1) is 5.25 Å². The van der Waals surface area contributed by atoms with Gasteiger partial charge in [-0.3, -0.25) is 9.59 Å². The Morgan fingerprint density at radius 2 is 2.04 bits per heavy atom. The monoisotopic (exact) mass is 362 g/mol. The minimum absolute atomic E-state index is 0.00561. The second kappa shape index (κ2) is 8.60. The molecule has 1 aromatic heterocycles. The first-order valence-corrected chi connectivity index (χ1v) is 8.96. The van der Waals surface area contributed by atoms with Crippen molar-refractivity contribution in [3.05, 3.63) is 42.5 Å². The molecule has 0 unspecified atom stereocenters. The van der Waals surface area contributed by atoms with Crippen molar-refractivity contribution < 1.29 is 9.59 Å². The summed E-state index contributed by atoms with van der Waals surface area (Å²) in [6.45, 7) is 7.56. The van der Waals surface area contributed by atoms with Gasteiger partial charge in [-0.15, -0.1) is 16.8 Å². The van der Waals surface area contributed by atoms with Gasteiger partial charge in [-0.05, 0) is 38.1 Å². The van der Waals surface area contributed by atoms with Crippen LogP contribution in [-0.4, -0.2) is 33.7 Å². The molecule has 24 heavy (non-hydrogen) atoms. The Labute approximate surface area is 148 Å². The predicted octanol–water partition coefficient (Wildman–Crippen LogP) is 3.46. The molecule has 2 rings (SSSR count). The first-order valence-electron chi connectivity index (χ1n) is 7.26. The first kappa shape index (κ1) is 18.2. The summed E-state index contributed by atoms with van der Waals surface area (Å²) in [7, 11) is 0. The molecule has 0 aliphatic heterocycles. The number of nitrogens with one attached hydrogen (secondary N) is 2. The van der Waals surface area contributed by atoms with Gasteiger partial charge in [-0.25, -0.2) is 0 Å². The van der Waals surface area contributed by atoms with Crippen molar-refractivity contribution in [3.8, 4) is 0 Å². The van der Waals surface area contributed by atoms with Crippen LogP contribution in [0, 0.1) is 0 Å². The summed E-state index contributed by atoms with van der Waals surface area (Å²) < 4.78 is 0.719. The topological polar surface area (TPSA) is 84.0 Å². The summed E-state index contributed by atoms with van der Waals surface area (Å²) in [5.41, 5.74) is 1.27. The van der Waals surface area contributed by atoms with Crippen molar-refractivity contribution >= 4 is 45.6 Å². The molecule has 6 nitrogen and oxygen atoms in total. The lowest BCUT2D eigenvalue weighted by Gasteiger charge is -2.10. The maximum atomic E-state index is 12.2. The number of thioether (sulfide) groups is 1. The van der Waals surface area contributed by atoms with E-state index in [-0.39, 0.29) is 16.9 Å². The third-order valence-corrected chi connectivity index (χ3v) is 5.08. The lowest BCUT2D eigenvalue weighted by molar-refractivity contribution is -0.115. The molecule has 2 N–H and O–H groups in total. The van der Waals surface area contributed by atoms with Gasteiger partial charge >= 0.3 is 0 Å². The number of anilines is 2. The minimum atomic E-state index is -0.322. The van der Waals surface area contributed by atoms with Gasteiger partial charge in [0.2, 0.25) is 11.0 Å². The normalized spacial score (nSPS) is 11.6. The SMILES string of the molecule is C=CCNc1nnc(S[C@H](C)C(=O)Nc2ccc(C(C)=O)cc2)s1. The molecule has 1 atom stereocenters. The molecule has 0 spiro atoms. The second-order valence-electron chi connectivity index (χ2n) is 4.93. The molecular formula is C16H18N4O2S2. The number of nitrogens with zero attached hydrogens (tertiary/aromatic N) is 2. The molecule has 0 saturated heterocycles. The van der Waals surface area contributed by atoms with Crippen LogP contribution in [-0.2, 0) is 4.79 Å². The van der Waals surface area contributed by atoms with E-state index < -0.39 is 0 Å². The summed E-state index contributed by atoms with van der Waals surface area (Å²) in [4.78, 5) is 23.5. The zero-order valence-corrected chi connectivity index (χ0v) is 15.0. The molecule has 1 aromatic carbocycles. The Morgan fingerprint density at radius 3 is 2.67 bits per heavy atom. The Kier molecular flexibility index (Phi) is 6.51. The smallest absolute Gasteiger partial charge is 0.237 e. The van der Waals surface area contributed by atoms with Crippen LogP contribution in [0.3, 0.4) is 0 Å². The average Bonchev–Trinajstić information content (AvgIpc) is 3.00. The Hall–Kier alpha value is -2.19. The fourth-order valence-corrected chi connectivity index (χ4v) is 3.63. The molecule has 0 saturated carbocycles. The zero-order valence-electron chi connectivity index (χ0n) is 13.4. The van der Waals surface area contributed by atoms with E-state index in [1.807, 2.05) is 6.92 Å². The molecule has 8 heteroatoms. The number of hydrogen-bond donors (Lipinski definition) is 2. The van der Waals surface area contributed by atoms with Gasteiger partial charge in [0.25, 0.3) is 0 Å². The predicted molar refractivity (Wildman–Crippen MR) is 99.0 cm³/mol. The standard InChI is InChI=1S/C16H18N4O2S2/c1-4-9-17-15-19-20-16(24-15)23-11(3)14(22)18-13-7-5-12(6-8-13)10(2)21/h4-8,11H,1,9H2,2-3H3,(H,17,19)(H,18,22)/t11-/m1/s1. The highest BCUT2D eigenvalue weighted by Crippen LogP contribution is 2.29. The van der Waals surface area contributed by atoms with Gasteiger partial charge in [0.15, 0.2) is 10.1 Å². The fourth-order valence-electron chi connectivity index (χ4n) is 1.73. The highest BCUT2D eigenvalue weighted by molar-refractivity contribution is 8.02. The van der Waals surface area contributed by atoms with Crippen molar-refractivity contribution in [2.45, 2.75) is 23.4 Å². The van der Waals surface area contributed by atoms with Crippen LogP contribution in [0.1, 0.15) is 24.2 Å². The van der Waals surface area contributed by atoms with E-state index in [0.717, 1.165) is 4.34 Å². The number of carbonyl (C=O) groups excluding carboxylic acids is 2. The van der Waals surface area contributed by atoms with E-state index in [4.69, 9.17) is 0 Å². The van der Waals surface area contributed by atoms with E-state index in [9.17, 15) is 9.59 Å². The van der Waals surface area contributed by atoms with Crippen LogP contribution in [0.4, 0.5) is 10.8 Å². The highest BCUT2D eigenvalue weighted by atomic mass is 32.2. The van der Waals surface area contributed by atoms with E-state index in [2.05, 4.69) is 27.4 Å². The number of benzene rings is 1. The summed E-state index contributed by atoms with van der Waals surface area (Å²) in [5.74, 6) is -0.139. The van der Waals surface area contributed by atoms with Gasteiger partial charge in [-0.2, -0.15) is 0 Å². The van der Waals surface area contributed by atoms with Gasteiger partial charge in [-0.1, -0.05) is 29.2 Å². The van der Waals surface area contributed by atoms with Gasteiger partial charge in [0.1, 0.15) is 0 Å². The number of aromatic nitrogens is 2. The number of Topliss-reactive ketones (excluding diaryl/α,β-unsaturated/α-hetero) is 1. The lowest BCUT2D eigenvalue weighted by atomic mass is 10.1. The molecule has 0 bridgehead atoms. The Morgan fingerprint density at radius 1 is 1.33 bits per heavy atom. The van der Waals surface area contributed by atoms with Gasteiger partial charge in [0, 0.05) is 17.8 Å². The number of ketones is 1. The maximum Gasteiger partial charge on any atom is 0.237 e. The van der Waals surface area contributed by atoms with E-state index in [1.54, 1.807) is 30.3 Å². The van der Waals surface area contributed by atoms with Crippen molar-refractivity contribution in [1.29, 1.82) is 0 Å². The van der Waals surface area contributed by atoms with E-state index in [1.165, 1.54) is 30.0 Å². The molecule has 126 valence electrons. The van der Waals surface area contributed by atoms with Crippen LogP contribution in [0.15, 0.2) is 41.3 Å². The van der Waals surface area contributed by atoms with Crippen molar-refractivity contribution in [2.75, 3.05) is 17.2 Å². The number of rotatable bonds is 8. The van der Waals surface area contributed by atoms with Crippen molar-refractivity contribution in [3.63, 3.8) is 0 Å². The summed E-state index contributed by atoms with van der Waals surface area (Å²) in [6.07, 6.45) is 1.74. The van der Waals surface area contributed by atoms with Crippen molar-refractivity contribution in [1.82, 2.24) is 10.2 Å². The third kappa shape index (κ3) is 5.17. The Balaban J connectivity index is 1.90. The molecule has 0 aliphatic rings. The first-order chi connectivity index (χ1) is 11.5. The maximum absolute atomic E-state index is 12.2. The average molecular weight is 362 g/mol. The third-order valence-electron chi connectivity index (χ3n) is 3.01. The number of carbonyl (C=O) groups is 2. The molecule has 0 aliphatic carbocycles. The molecule has 0 fully saturated rings. The summed E-state index contributed by atoms with van der Waals surface area (Å²) in [6, 6.07) is 6.82. The lowest BCUT2D eigenvalue weighted by Crippen LogP contribution is -2.22. The molecular weight excluding hydrogens is 344 g/mol. The molecule has 1 amide bonds. The largest absolute Gasteiger partial charge is 0.357 e.